The van der Waals surface area contributed by atoms with E-state index in [1.807, 2.05) is 6.92 Å². The number of ether oxygens (including phenoxy) is 2. The van der Waals surface area contributed by atoms with Crippen LogP contribution in [0.3, 0.4) is 0 Å². The highest BCUT2D eigenvalue weighted by Gasteiger charge is 2.44. The Balaban J connectivity index is 2.60. The van der Waals surface area contributed by atoms with Gasteiger partial charge in [-0.1, -0.05) is 52.4 Å². The summed E-state index contributed by atoms with van der Waals surface area (Å²) < 4.78 is 10.9. The number of rotatable bonds is 15. The lowest BCUT2D eigenvalue weighted by Gasteiger charge is -2.40. The Kier molecular flexibility index (Phi) is 13.7. The molecule has 9 nitrogen and oxygen atoms in total. The van der Waals surface area contributed by atoms with Crippen molar-refractivity contribution >= 4 is 5.91 Å². The number of amides is 1. The highest BCUT2D eigenvalue weighted by Crippen LogP contribution is 2.22. The summed E-state index contributed by atoms with van der Waals surface area (Å²) in [6.45, 7) is 3.34. The molecule has 0 saturated carbocycles. The van der Waals surface area contributed by atoms with Crippen LogP contribution in [0.25, 0.3) is 0 Å². The summed E-state index contributed by atoms with van der Waals surface area (Å²) in [5, 5.41) is 52.4. The van der Waals surface area contributed by atoms with Gasteiger partial charge in [0.05, 0.1) is 25.4 Å². The third-order valence-corrected chi connectivity index (χ3v) is 5.43. The highest BCUT2D eigenvalue weighted by molar-refractivity contribution is 5.76. The molecule has 7 unspecified atom stereocenters. The van der Waals surface area contributed by atoms with Gasteiger partial charge in [-0.3, -0.25) is 4.79 Å². The van der Waals surface area contributed by atoms with Crippen LogP contribution >= 0.6 is 0 Å². The van der Waals surface area contributed by atoms with E-state index in [-0.39, 0.29) is 12.5 Å². The predicted octanol–water partition coefficient (Wildman–Crippen LogP) is 0.199. The molecule has 0 spiro atoms. The standard InChI is InChI=1S/C21H41NO8/c1-3-5-6-7-8-9-11-15(24)14(22-17(25)10-4-2)13-29-21-20(28)19(27)18(26)16(12-23)30-21/h14-16,18-21,23-24,26-28H,3-13H2,1-2H3,(H,22,25). The van der Waals surface area contributed by atoms with Crippen LogP contribution in [0.2, 0.25) is 0 Å². The molecule has 1 aliphatic heterocycles. The molecule has 1 saturated heterocycles. The maximum Gasteiger partial charge on any atom is 0.220 e. The van der Waals surface area contributed by atoms with Gasteiger partial charge in [0.15, 0.2) is 6.29 Å². The molecule has 9 heteroatoms. The normalized spacial score (nSPS) is 28.8. The van der Waals surface area contributed by atoms with E-state index in [4.69, 9.17) is 9.47 Å². The van der Waals surface area contributed by atoms with Gasteiger partial charge in [0, 0.05) is 6.42 Å². The molecule has 0 aromatic heterocycles. The lowest BCUT2D eigenvalue weighted by molar-refractivity contribution is -0.302. The smallest absolute Gasteiger partial charge is 0.220 e. The summed E-state index contributed by atoms with van der Waals surface area (Å²) in [5.41, 5.74) is 0. The topological polar surface area (TPSA) is 149 Å². The summed E-state index contributed by atoms with van der Waals surface area (Å²) >= 11 is 0. The van der Waals surface area contributed by atoms with Crippen molar-refractivity contribution in [2.45, 2.75) is 114 Å². The number of hydrogen-bond acceptors (Lipinski definition) is 8. The fourth-order valence-corrected chi connectivity index (χ4v) is 3.49. The van der Waals surface area contributed by atoms with Crippen molar-refractivity contribution in [2.75, 3.05) is 13.2 Å². The van der Waals surface area contributed by atoms with Crippen molar-refractivity contribution in [1.29, 1.82) is 0 Å². The molecule has 30 heavy (non-hydrogen) atoms. The summed E-state index contributed by atoms with van der Waals surface area (Å²) in [6.07, 6.45) is 0.221. The van der Waals surface area contributed by atoms with Gasteiger partial charge in [-0.15, -0.1) is 0 Å². The van der Waals surface area contributed by atoms with Crippen LogP contribution < -0.4 is 5.32 Å². The van der Waals surface area contributed by atoms with Crippen molar-refractivity contribution in [1.82, 2.24) is 5.32 Å². The fraction of sp³-hybridized carbons (Fsp3) is 0.952. The molecule has 1 heterocycles. The van der Waals surface area contributed by atoms with E-state index in [0.717, 1.165) is 19.3 Å². The van der Waals surface area contributed by atoms with Gasteiger partial charge >= 0.3 is 0 Å². The van der Waals surface area contributed by atoms with Crippen LogP contribution in [0.1, 0.15) is 71.6 Å². The minimum absolute atomic E-state index is 0.144. The van der Waals surface area contributed by atoms with Crippen LogP contribution in [-0.2, 0) is 14.3 Å². The number of nitrogens with one attached hydrogen (secondary N) is 1. The lowest BCUT2D eigenvalue weighted by Crippen LogP contribution is -2.60. The van der Waals surface area contributed by atoms with E-state index in [1.165, 1.54) is 19.3 Å². The molecule has 0 aromatic rings. The first-order valence-corrected chi connectivity index (χ1v) is 11.2. The maximum absolute atomic E-state index is 12.1. The van der Waals surface area contributed by atoms with Crippen LogP contribution in [-0.4, -0.2) is 87.5 Å². The summed E-state index contributed by atoms with van der Waals surface area (Å²) in [5.74, 6) is -0.207. The van der Waals surface area contributed by atoms with Crippen LogP contribution in [0.4, 0.5) is 0 Å². The van der Waals surface area contributed by atoms with E-state index in [9.17, 15) is 30.3 Å². The van der Waals surface area contributed by atoms with Crippen molar-refractivity contribution in [3.63, 3.8) is 0 Å². The molecular formula is C21H41NO8. The maximum atomic E-state index is 12.1. The zero-order valence-corrected chi connectivity index (χ0v) is 18.3. The number of unbranched alkanes of at least 4 members (excludes halogenated alkanes) is 5. The fourth-order valence-electron chi connectivity index (χ4n) is 3.49. The second-order valence-electron chi connectivity index (χ2n) is 8.08. The Hall–Kier alpha value is -0.810. The molecule has 1 fully saturated rings. The molecule has 1 amide bonds. The average molecular weight is 436 g/mol. The molecular weight excluding hydrogens is 394 g/mol. The Morgan fingerprint density at radius 3 is 2.30 bits per heavy atom. The zero-order valence-electron chi connectivity index (χ0n) is 18.3. The first-order valence-electron chi connectivity index (χ1n) is 11.2. The first-order chi connectivity index (χ1) is 14.3. The first kappa shape index (κ1) is 27.2. The number of hydrogen-bond donors (Lipinski definition) is 6. The lowest BCUT2D eigenvalue weighted by atomic mass is 9.99. The van der Waals surface area contributed by atoms with Gasteiger partial charge in [0.2, 0.25) is 5.91 Å². The Morgan fingerprint density at radius 2 is 1.67 bits per heavy atom. The average Bonchev–Trinajstić information content (AvgIpc) is 2.73. The molecule has 1 aliphatic rings. The molecule has 1 rings (SSSR count). The second kappa shape index (κ2) is 15.1. The third-order valence-electron chi connectivity index (χ3n) is 5.43. The van der Waals surface area contributed by atoms with Gasteiger partial charge in [-0.05, 0) is 12.8 Å². The molecule has 178 valence electrons. The number of carbonyl (C=O) groups excluding carboxylic acids is 1. The quantitative estimate of drug-likeness (QED) is 0.200. The zero-order chi connectivity index (χ0) is 22.5. The van der Waals surface area contributed by atoms with E-state index < -0.39 is 49.5 Å². The minimum atomic E-state index is -1.54. The highest BCUT2D eigenvalue weighted by atomic mass is 16.7. The third kappa shape index (κ3) is 9.13. The number of aliphatic hydroxyl groups is 5. The Bertz CT molecular complexity index is 464. The predicted molar refractivity (Wildman–Crippen MR) is 111 cm³/mol. The number of aliphatic hydroxyl groups excluding tert-OH is 5. The van der Waals surface area contributed by atoms with Gasteiger partial charge in [0.1, 0.15) is 24.4 Å². The Labute approximate surface area is 179 Å². The van der Waals surface area contributed by atoms with Crippen LogP contribution in [0.15, 0.2) is 0 Å². The largest absolute Gasteiger partial charge is 0.394 e. The summed E-state index contributed by atoms with van der Waals surface area (Å²) in [4.78, 5) is 12.1. The molecule has 0 aromatic carbocycles. The Morgan fingerprint density at radius 1 is 1.00 bits per heavy atom. The SMILES string of the molecule is CCCCCCCCC(O)C(COC1OC(CO)C(O)C(O)C1O)NC(=O)CCC. The van der Waals surface area contributed by atoms with Crippen LogP contribution in [0, 0.1) is 0 Å². The summed E-state index contributed by atoms with van der Waals surface area (Å²) in [6, 6.07) is -0.702. The minimum Gasteiger partial charge on any atom is -0.394 e. The molecule has 0 aliphatic carbocycles. The molecule has 0 bridgehead atoms. The second-order valence-corrected chi connectivity index (χ2v) is 8.08. The number of carbonyl (C=O) groups is 1. The van der Waals surface area contributed by atoms with Crippen LogP contribution in [0.5, 0.6) is 0 Å². The van der Waals surface area contributed by atoms with E-state index in [2.05, 4.69) is 12.2 Å². The van der Waals surface area contributed by atoms with Gasteiger partial charge in [-0.2, -0.15) is 0 Å². The van der Waals surface area contributed by atoms with E-state index in [0.29, 0.717) is 19.3 Å². The van der Waals surface area contributed by atoms with Gasteiger partial charge in [-0.25, -0.2) is 0 Å². The van der Waals surface area contributed by atoms with Crippen molar-refractivity contribution in [3.8, 4) is 0 Å². The van der Waals surface area contributed by atoms with E-state index >= 15 is 0 Å². The molecule has 7 atom stereocenters. The molecule has 6 N–H and O–H groups in total. The monoisotopic (exact) mass is 435 g/mol. The van der Waals surface area contributed by atoms with Gasteiger partial charge in [0.25, 0.3) is 0 Å². The summed E-state index contributed by atoms with van der Waals surface area (Å²) in [7, 11) is 0. The van der Waals surface area contributed by atoms with Crippen molar-refractivity contribution in [3.05, 3.63) is 0 Å². The molecule has 0 radical (unpaired) electrons. The van der Waals surface area contributed by atoms with Crippen molar-refractivity contribution < 1.29 is 39.8 Å². The van der Waals surface area contributed by atoms with Gasteiger partial charge < -0.3 is 40.3 Å². The van der Waals surface area contributed by atoms with E-state index in [1.54, 1.807) is 0 Å². The van der Waals surface area contributed by atoms with Crippen molar-refractivity contribution in [2.24, 2.45) is 0 Å².